The number of aromatic carboxylic acids is 1. The van der Waals surface area contributed by atoms with Crippen LogP contribution in [0.4, 0.5) is 5.69 Å². The van der Waals surface area contributed by atoms with Crippen LogP contribution in [0.1, 0.15) is 26.3 Å². The number of rotatable bonds is 4. The third kappa shape index (κ3) is 3.22. The van der Waals surface area contributed by atoms with Gasteiger partial charge in [-0.2, -0.15) is 0 Å². The van der Waals surface area contributed by atoms with Crippen LogP contribution in [0.15, 0.2) is 41.6 Å². The molecule has 0 saturated carbocycles. The van der Waals surface area contributed by atoms with Gasteiger partial charge >= 0.3 is 5.97 Å². The largest absolute Gasteiger partial charge is 0.478 e. The average molecular weight is 302 g/mol. The van der Waals surface area contributed by atoms with Gasteiger partial charge in [0.2, 0.25) is 0 Å². The normalized spacial score (nSPS) is 10.2. The van der Waals surface area contributed by atoms with Gasteiger partial charge < -0.3 is 10.4 Å². The van der Waals surface area contributed by atoms with Crippen LogP contribution in [-0.2, 0) is 0 Å². The second kappa shape index (κ2) is 6.41. The van der Waals surface area contributed by atoms with E-state index >= 15 is 0 Å². The van der Waals surface area contributed by atoms with Crippen LogP contribution in [0.5, 0.6) is 0 Å². The molecule has 2 aromatic rings. The molecule has 1 amide bonds. The molecule has 2 rings (SSSR count). The number of carboxylic acids is 1. The van der Waals surface area contributed by atoms with Crippen LogP contribution in [0.3, 0.4) is 0 Å². The number of carbonyl (C=O) groups is 2. The van der Waals surface area contributed by atoms with Crippen molar-refractivity contribution in [1.82, 2.24) is 4.98 Å². The minimum absolute atomic E-state index is 0.0976. The minimum atomic E-state index is -1.07. The quantitative estimate of drug-likeness (QED) is 0.849. The van der Waals surface area contributed by atoms with Crippen molar-refractivity contribution >= 4 is 29.3 Å². The topological polar surface area (TPSA) is 79.3 Å². The summed E-state index contributed by atoms with van der Waals surface area (Å²) in [6, 6.07) is 8.30. The van der Waals surface area contributed by atoms with Gasteiger partial charge in [-0.1, -0.05) is 12.1 Å². The van der Waals surface area contributed by atoms with E-state index in [2.05, 4.69) is 10.3 Å². The van der Waals surface area contributed by atoms with Gasteiger partial charge in [0.15, 0.2) is 0 Å². The van der Waals surface area contributed by atoms with Crippen LogP contribution in [0.25, 0.3) is 0 Å². The highest BCUT2D eigenvalue weighted by atomic mass is 32.2. The minimum Gasteiger partial charge on any atom is -0.478 e. The Kier molecular flexibility index (Phi) is 4.59. The van der Waals surface area contributed by atoms with Crippen LogP contribution < -0.4 is 5.32 Å². The maximum absolute atomic E-state index is 12.3. The average Bonchev–Trinajstić information content (AvgIpc) is 2.46. The van der Waals surface area contributed by atoms with Crippen molar-refractivity contribution in [2.24, 2.45) is 0 Å². The van der Waals surface area contributed by atoms with Gasteiger partial charge in [-0.05, 0) is 36.9 Å². The SMILES string of the molecule is CSc1ncccc1C(=O)Nc1cccc(C)c1C(=O)O. The number of anilines is 1. The third-order valence-electron chi connectivity index (χ3n) is 2.94. The Labute approximate surface area is 126 Å². The first-order valence-electron chi connectivity index (χ1n) is 6.18. The zero-order valence-corrected chi connectivity index (χ0v) is 12.4. The molecule has 1 aromatic heterocycles. The standard InChI is InChI=1S/C15H14N2O3S/c1-9-5-3-7-11(12(9)15(19)20)17-13(18)10-6-4-8-16-14(10)21-2/h3-8H,1-2H3,(H,17,18)(H,19,20). The van der Waals surface area contributed by atoms with Gasteiger partial charge in [0.25, 0.3) is 5.91 Å². The Hall–Kier alpha value is -2.34. The smallest absolute Gasteiger partial charge is 0.338 e. The lowest BCUT2D eigenvalue weighted by atomic mass is 10.1. The van der Waals surface area contributed by atoms with Crippen LogP contribution in [0.2, 0.25) is 0 Å². The maximum Gasteiger partial charge on any atom is 0.338 e. The maximum atomic E-state index is 12.3. The van der Waals surface area contributed by atoms with E-state index in [1.165, 1.54) is 11.8 Å². The van der Waals surface area contributed by atoms with E-state index in [1.54, 1.807) is 43.5 Å². The van der Waals surface area contributed by atoms with Crippen molar-refractivity contribution < 1.29 is 14.7 Å². The molecule has 6 heteroatoms. The zero-order chi connectivity index (χ0) is 15.4. The van der Waals surface area contributed by atoms with E-state index < -0.39 is 5.97 Å². The first kappa shape index (κ1) is 15.1. The first-order chi connectivity index (χ1) is 10.0. The van der Waals surface area contributed by atoms with Crippen molar-refractivity contribution in [3.05, 3.63) is 53.2 Å². The molecule has 0 fully saturated rings. The summed E-state index contributed by atoms with van der Waals surface area (Å²) in [4.78, 5) is 27.8. The van der Waals surface area contributed by atoms with Gasteiger partial charge in [-0.15, -0.1) is 11.8 Å². The van der Waals surface area contributed by atoms with Crippen molar-refractivity contribution in [1.29, 1.82) is 0 Å². The molecule has 0 spiro atoms. The number of thioether (sulfide) groups is 1. The fourth-order valence-electron chi connectivity index (χ4n) is 1.97. The predicted octanol–water partition coefficient (Wildman–Crippen LogP) is 3.06. The predicted molar refractivity (Wildman–Crippen MR) is 82.1 cm³/mol. The van der Waals surface area contributed by atoms with Crippen LogP contribution in [-0.4, -0.2) is 28.2 Å². The Balaban J connectivity index is 2.37. The molecular weight excluding hydrogens is 288 g/mol. The molecule has 0 aliphatic carbocycles. The Morgan fingerprint density at radius 2 is 2.00 bits per heavy atom. The molecule has 0 aliphatic heterocycles. The Morgan fingerprint density at radius 1 is 1.24 bits per heavy atom. The lowest BCUT2D eigenvalue weighted by molar-refractivity contribution is 0.0697. The molecule has 0 saturated heterocycles. The number of pyridine rings is 1. The van der Waals surface area contributed by atoms with E-state index in [0.29, 0.717) is 16.2 Å². The molecule has 5 nitrogen and oxygen atoms in total. The number of carboxylic acid groups (broad SMARTS) is 1. The van der Waals surface area contributed by atoms with E-state index in [1.807, 2.05) is 6.26 Å². The number of benzene rings is 1. The van der Waals surface area contributed by atoms with E-state index in [4.69, 9.17) is 0 Å². The third-order valence-corrected chi connectivity index (χ3v) is 3.66. The molecule has 1 aromatic carbocycles. The summed E-state index contributed by atoms with van der Waals surface area (Å²) in [5, 5.41) is 12.5. The van der Waals surface area contributed by atoms with E-state index in [9.17, 15) is 14.7 Å². The second-order valence-electron chi connectivity index (χ2n) is 4.32. The monoisotopic (exact) mass is 302 g/mol. The second-order valence-corrected chi connectivity index (χ2v) is 5.11. The number of hydrogen-bond donors (Lipinski definition) is 2. The highest BCUT2D eigenvalue weighted by molar-refractivity contribution is 7.98. The molecule has 1 heterocycles. The van der Waals surface area contributed by atoms with Crippen LogP contribution >= 0.6 is 11.8 Å². The fourth-order valence-corrected chi connectivity index (χ4v) is 2.52. The number of hydrogen-bond acceptors (Lipinski definition) is 4. The highest BCUT2D eigenvalue weighted by Crippen LogP contribution is 2.22. The summed E-state index contributed by atoms with van der Waals surface area (Å²) in [6.45, 7) is 1.69. The van der Waals surface area contributed by atoms with Crippen molar-refractivity contribution in [2.75, 3.05) is 11.6 Å². The van der Waals surface area contributed by atoms with Gasteiger partial charge in [-0.3, -0.25) is 4.79 Å². The van der Waals surface area contributed by atoms with E-state index in [0.717, 1.165) is 0 Å². The molecular formula is C15H14N2O3S. The fraction of sp³-hybridized carbons (Fsp3) is 0.133. The number of aromatic nitrogens is 1. The molecule has 0 atom stereocenters. The summed E-state index contributed by atoms with van der Waals surface area (Å²) in [7, 11) is 0. The lowest BCUT2D eigenvalue weighted by Gasteiger charge is -2.11. The molecule has 0 unspecified atom stereocenters. The zero-order valence-electron chi connectivity index (χ0n) is 11.6. The van der Waals surface area contributed by atoms with Gasteiger partial charge in [0.05, 0.1) is 16.8 Å². The van der Waals surface area contributed by atoms with Crippen molar-refractivity contribution in [2.45, 2.75) is 11.9 Å². The summed E-state index contributed by atoms with van der Waals surface area (Å²) < 4.78 is 0. The van der Waals surface area contributed by atoms with Gasteiger partial charge in [-0.25, -0.2) is 9.78 Å². The van der Waals surface area contributed by atoms with Gasteiger partial charge in [0.1, 0.15) is 5.03 Å². The number of carbonyl (C=O) groups excluding carboxylic acids is 1. The van der Waals surface area contributed by atoms with E-state index in [-0.39, 0.29) is 17.2 Å². The molecule has 0 bridgehead atoms. The summed E-state index contributed by atoms with van der Waals surface area (Å²) in [5.74, 6) is -1.44. The molecule has 2 N–H and O–H groups in total. The van der Waals surface area contributed by atoms with Gasteiger partial charge in [0, 0.05) is 6.20 Å². The van der Waals surface area contributed by atoms with Crippen molar-refractivity contribution in [3.8, 4) is 0 Å². The number of nitrogens with one attached hydrogen (secondary N) is 1. The molecule has 0 radical (unpaired) electrons. The Morgan fingerprint density at radius 3 is 2.67 bits per heavy atom. The lowest BCUT2D eigenvalue weighted by Crippen LogP contribution is -2.16. The number of nitrogens with zero attached hydrogens (tertiary/aromatic N) is 1. The molecule has 108 valence electrons. The number of amides is 1. The summed E-state index contributed by atoms with van der Waals surface area (Å²) in [5.41, 5.74) is 1.39. The summed E-state index contributed by atoms with van der Waals surface area (Å²) in [6.07, 6.45) is 3.44. The molecule has 0 aliphatic rings. The van der Waals surface area contributed by atoms with Crippen molar-refractivity contribution in [3.63, 3.8) is 0 Å². The number of aryl methyl sites for hydroxylation is 1. The first-order valence-corrected chi connectivity index (χ1v) is 7.40. The summed E-state index contributed by atoms with van der Waals surface area (Å²) >= 11 is 1.36. The molecule has 21 heavy (non-hydrogen) atoms. The Bertz CT molecular complexity index is 701. The van der Waals surface area contributed by atoms with Crippen LogP contribution in [0, 0.1) is 6.92 Å². The highest BCUT2D eigenvalue weighted by Gasteiger charge is 2.17.